The third-order valence-corrected chi connectivity index (χ3v) is 4.57. The molecule has 3 nitrogen and oxygen atoms in total. The van der Waals surface area contributed by atoms with Gasteiger partial charge in [-0.25, -0.2) is 9.97 Å². The number of hydrogen-bond acceptors (Lipinski definition) is 4. The largest absolute Gasteiger partial charge is 0.370 e. The van der Waals surface area contributed by atoms with Crippen LogP contribution in [0.2, 0.25) is 0 Å². The van der Waals surface area contributed by atoms with Crippen LogP contribution in [0.25, 0.3) is 10.7 Å². The zero-order chi connectivity index (χ0) is 12.5. The van der Waals surface area contributed by atoms with Gasteiger partial charge in [-0.15, -0.1) is 11.3 Å². The van der Waals surface area contributed by atoms with Gasteiger partial charge in [-0.1, -0.05) is 0 Å². The second kappa shape index (κ2) is 4.97. The molecule has 0 radical (unpaired) electrons. The molecule has 0 bridgehead atoms. The highest BCUT2D eigenvalue weighted by Crippen LogP contribution is 2.40. The first-order chi connectivity index (χ1) is 8.76. The molecule has 0 unspecified atom stereocenters. The second-order valence-corrected chi connectivity index (χ2v) is 6.26. The lowest BCUT2D eigenvalue weighted by atomic mass is 10.2. The fourth-order valence-electron chi connectivity index (χ4n) is 1.87. The summed E-state index contributed by atoms with van der Waals surface area (Å²) in [7, 11) is 0. The fourth-order valence-corrected chi connectivity index (χ4v) is 3.23. The molecule has 1 fully saturated rings. The average molecular weight is 324 g/mol. The van der Waals surface area contributed by atoms with Crippen LogP contribution in [0.5, 0.6) is 0 Å². The van der Waals surface area contributed by atoms with Gasteiger partial charge < -0.3 is 5.32 Å². The molecule has 1 saturated carbocycles. The molecule has 2 heterocycles. The third-order valence-electron chi connectivity index (χ3n) is 2.89. The Morgan fingerprint density at radius 3 is 2.83 bits per heavy atom. The smallest absolute Gasteiger partial charge is 0.171 e. The number of nitrogens with zero attached hydrogens (tertiary/aromatic N) is 2. The van der Waals surface area contributed by atoms with Crippen molar-refractivity contribution in [1.29, 1.82) is 0 Å². The van der Waals surface area contributed by atoms with E-state index in [9.17, 15) is 0 Å². The van der Waals surface area contributed by atoms with Crippen molar-refractivity contribution >= 4 is 33.1 Å². The Bertz CT molecular complexity index is 563. The van der Waals surface area contributed by atoms with Crippen LogP contribution in [0, 0.1) is 0 Å². The average Bonchev–Trinajstić information content (AvgIpc) is 3.12. The number of thiophene rings is 1. The summed E-state index contributed by atoms with van der Waals surface area (Å²) in [6.07, 6.45) is 2.52. The minimum Gasteiger partial charge on any atom is -0.370 e. The molecule has 0 saturated heterocycles. The first-order valence-corrected chi connectivity index (χ1v) is 7.81. The van der Waals surface area contributed by atoms with Crippen molar-refractivity contribution in [2.45, 2.75) is 25.7 Å². The predicted molar refractivity (Wildman–Crippen MR) is 79.2 cm³/mol. The van der Waals surface area contributed by atoms with E-state index in [1.165, 1.54) is 18.5 Å². The molecule has 18 heavy (non-hydrogen) atoms. The van der Waals surface area contributed by atoms with Gasteiger partial charge in [-0.05, 0) is 41.8 Å². The fraction of sp³-hybridized carbons (Fsp3) is 0.385. The van der Waals surface area contributed by atoms with Crippen LogP contribution in [0.4, 0.5) is 5.82 Å². The highest BCUT2D eigenvalue weighted by atomic mass is 79.9. The summed E-state index contributed by atoms with van der Waals surface area (Å²) in [5.41, 5.74) is 1.18. The van der Waals surface area contributed by atoms with Crippen molar-refractivity contribution in [2.75, 3.05) is 11.9 Å². The molecular weight excluding hydrogens is 310 g/mol. The first kappa shape index (κ1) is 12.1. The molecule has 2 aromatic rings. The van der Waals surface area contributed by atoms with Gasteiger partial charge in [0.2, 0.25) is 0 Å². The van der Waals surface area contributed by atoms with Gasteiger partial charge in [0.1, 0.15) is 5.82 Å². The molecule has 2 aromatic heterocycles. The van der Waals surface area contributed by atoms with E-state index < -0.39 is 0 Å². The molecule has 1 aliphatic carbocycles. The van der Waals surface area contributed by atoms with E-state index in [0.29, 0.717) is 5.92 Å². The maximum Gasteiger partial charge on any atom is 0.171 e. The molecule has 0 spiro atoms. The number of aromatic nitrogens is 2. The van der Waals surface area contributed by atoms with Gasteiger partial charge in [0.15, 0.2) is 5.82 Å². The van der Waals surface area contributed by atoms with Gasteiger partial charge in [0, 0.05) is 34.1 Å². The number of rotatable bonds is 4. The number of halogens is 1. The number of anilines is 1. The maximum atomic E-state index is 4.70. The van der Waals surface area contributed by atoms with E-state index in [0.717, 1.165) is 27.5 Å². The predicted octanol–water partition coefficient (Wildman–Crippen LogP) is 4.28. The Kier molecular flexibility index (Phi) is 3.35. The topological polar surface area (TPSA) is 37.8 Å². The summed E-state index contributed by atoms with van der Waals surface area (Å²) >= 11 is 5.15. The molecule has 1 aliphatic rings. The van der Waals surface area contributed by atoms with Crippen molar-refractivity contribution in [3.05, 3.63) is 27.7 Å². The standard InChI is InChI=1S/C13H14BrN3S/c1-2-15-12-6-10(8-3-4-8)16-13(17-12)11-5-9(14)7-18-11/h5-8H,2-4H2,1H3,(H,15,16,17). The second-order valence-electron chi connectivity index (χ2n) is 4.44. The highest BCUT2D eigenvalue weighted by molar-refractivity contribution is 9.10. The molecule has 0 aliphatic heterocycles. The van der Waals surface area contributed by atoms with Gasteiger partial charge in [0.25, 0.3) is 0 Å². The van der Waals surface area contributed by atoms with E-state index in [2.05, 4.69) is 50.7 Å². The lowest BCUT2D eigenvalue weighted by Crippen LogP contribution is -2.03. The SMILES string of the molecule is CCNc1cc(C2CC2)nc(-c2cc(Br)cs2)n1. The van der Waals surface area contributed by atoms with Crippen LogP contribution >= 0.6 is 27.3 Å². The molecule has 94 valence electrons. The van der Waals surface area contributed by atoms with Crippen molar-refractivity contribution in [3.63, 3.8) is 0 Å². The van der Waals surface area contributed by atoms with Crippen LogP contribution in [0.3, 0.4) is 0 Å². The Hall–Kier alpha value is -0.940. The van der Waals surface area contributed by atoms with Crippen LogP contribution < -0.4 is 5.32 Å². The van der Waals surface area contributed by atoms with Crippen molar-refractivity contribution in [2.24, 2.45) is 0 Å². The summed E-state index contributed by atoms with van der Waals surface area (Å²) in [5, 5.41) is 5.35. The quantitative estimate of drug-likeness (QED) is 0.912. The lowest BCUT2D eigenvalue weighted by Gasteiger charge is -2.07. The van der Waals surface area contributed by atoms with Crippen LogP contribution in [0.15, 0.2) is 22.0 Å². The zero-order valence-corrected chi connectivity index (χ0v) is 12.5. The van der Waals surface area contributed by atoms with Crippen molar-refractivity contribution in [1.82, 2.24) is 9.97 Å². The summed E-state index contributed by atoms with van der Waals surface area (Å²) < 4.78 is 1.09. The van der Waals surface area contributed by atoms with Gasteiger partial charge >= 0.3 is 0 Å². The summed E-state index contributed by atoms with van der Waals surface area (Å²) in [6, 6.07) is 4.17. The minimum absolute atomic E-state index is 0.646. The van der Waals surface area contributed by atoms with E-state index in [-0.39, 0.29) is 0 Å². The van der Waals surface area contributed by atoms with E-state index >= 15 is 0 Å². The Balaban J connectivity index is 2.01. The molecule has 0 atom stereocenters. The third kappa shape index (κ3) is 2.57. The summed E-state index contributed by atoms with van der Waals surface area (Å²) in [4.78, 5) is 10.4. The molecule has 5 heteroatoms. The van der Waals surface area contributed by atoms with E-state index in [4.69, 9.17) is 4.98 Å². The first-order valence-electron chi connectivity index (χ1n) is 6.13. The summed E-state index contributed by atoms with van der Waals surface area (Å²) in [6.45, 7) is 2.97. The van der Waals surface area contributed by atoms with Crippen LogP contribution in [-0.4, -0.2) is 16.5 Å². The minimum atomic E-state index is 0.646. The van der Waals surface area contributed by atoms with Gasteiger partial charge in [0.05, 0.1) is 4.88 Å². The van der Waals surface area contributed by atoms with Crippen molar-refractivity contribution < 1.29 is 0 Å². The van der Waals surface area contributed by atoms with Crippen molar-refractivity contribution in [3.8, 4) is 10.7 Å². The van der Waals surface area contributed by atoms with Gasteiger partial charge in [-0.2, -0.15) is 0 Å². The van der Waals surface area contributed by atoms with Crippen LogP contribution in [0.1, 0.15) is 31.4 Å². The van der Waals surface area contributed by atoms with Gasteiger partial charge in [-0.3, -0.25) is 0 Å². The molecule has 0 aromatic carbocycles. The lowest BCUT2D eigenvalue weighted by molar-refractivity contribution is 0.990. The Morgan fingerprint density at radius 2 is 2.22 bits per heavy atom. The van der Waals surface area contributed by atoms with Crippen LogP contribution in [-0.2, 0) is 0 Å². The molecule has 1 N–H and O–H groups in total. The molecule has 0 amide bonds. The maximum absolute atomic E-state index is 4.70. The highest BCUT2D eigenvalue weighted by Gasteiger charge is 2.26. The number of hydrogen-bond donors (Lipinski definition) is 1. The number of nitrogens with one attached hydrogen (secondary N) is 1. The van der Waals surface area contributed by atoms with E-state index in [1.54, 1.807) is 11.3 Å². The molecule has 3 rings (SSSR count). The summed E-state index contributed by atoms with van der Waals surface area (Å²) in [5.74, 6) is 2.42. The molecular formula is C13H14BrN3S. The Labute approximate surface area is 119 Å². The monoisotopic (exact) mass is 323 g/mol. The van der Waals surface area contributed by atoms with E-state index in [1.807, 2.05) is 0 Å². The Morgan fingerprint density at radius 1 is 1.39 bits per heavy atom. The zero-order valence-electron chi connectivity index (χ0n) is 10.1. The normalized spacial score (nSPS) is 14.8.